The first-order chi connectivity index (χ1) is 7.79. The molecule has 1 heterocycles. The Labute approximate surface area is 104 Å². The molecule has 0 aliphatic carbocycles. The number of aromatic nitrogens is 2. The zero-order chi connectivity index (χ0) is 13.2. The predicted molar refractivity (Wildman–Crippen MR) is 63.7 cm³/mol. The van der Waals surface area contributed by atoms with Gasteiger partial charge < -0.3 is 5.32 Å². The molecule has 0 saturated heterocycles. The average molecular weight is 280 g/mol. The number of halogens is 1. The Hall–Kier alpha value is -1.08. The van der Waals surface area contributed by atoms with Gasteiger partial charge in [0.25, 0.3) is 15.0 Å². The fraction of sp³-hybridized carbons (Fsp3) is 0.556. The van der Waals surface area contributed by atoms with E-state index in [1.165, 1.54) is 0 Å². The quantitative estimate of drug-likeness (QED) is 0.811. The molecule has 0 aromatic carbocycles. The summed E-state index contributed by atoms with van der Waals surface area (Å²) in [7, 11) is 1.32. The zero-order valence-corrected chi connectivity index (χ0v) is 11.3. The second kappa shape index (κ2) is 5.05. The second-order valence-corrected chi connectivity index (χ2v) is 6.27. The first-order valence-electron chi connectivity index (χ1n) is 5.10. The summed E-state index contributed by atoms with van der Waals surface area (Å²) in [5, 5.41) is 8.75. The lowest BCUT2D eigenvalue weighted by atomic mass is 10.1. The highest BCUT2D eigenvalue weighted by Gasteiger charge is 2.29. The summed E-state index contributed by atoms with van der Waals surface area (Å²) in [5.74, 6) is -0.691. The molecule has 8 heteroatoms. The fourth-order valence-electron chi connectivity index (χ4n) is 1.38. The van der Waals surface area contributed by atoms with Crippen molar-refractivity contribution < 1.29 is 13.2 Å². The third-order valence-electron chi connectivity index (χ3n) is 2.12. The maximum atomic E-state index is 11.6. The molecule has 0 spiro atoms. The molecule has 0 bridgehead atoms. The van der Waals surface area contributed by atoms with Gasteiger partial charge in [0.1, 0.15) is 4.90 Å². The lowest BCUT2D eigenvalue weighted by Crippen LogP contribution is -2.24. The van der Waals surface area contributed by atoms with Gasteiger partial charge in [-0.1, -0.05) is 13.8 Å². The molecule has 17 heavy (non-hydrogen) atoms. The van der Waals surface area contributed by atoms with Crippen LogP contribution in [0.15, 0.2) is 4.90 Å². The Morgan fingerprint density at radius 1 is 1.53 bits per heavy atom. The number of hydrogen-bond donors (Lipinski definition) is 2. The smallest absolute Gasteiger partial charge is 0.273 e. The highest BCUT2D eigenvalue weighted by molar-refractivity contribution is 8.13. The number of nitrogens with one attached hydrogen (secondary N) is 2. The Balaban J connectivity index is 3.39. The van der Waals surface area contributed by atoms with E-state index in [1.807, 2.05) is 0 Å². The van der Waals surface area contributed by atoms with E-state index < -0.39 is 15.0 Å². The third kappa shape index (κ3) is 2.98. The van der Waals surface area contributed by atoms with Crippen molar-refractivity contribution >= 4 is 25.6 Å². The lowest BCUT2D eigenvalue weighted by Gasteiger charge is -2.04. The minimum atomic E-state index is -4.01. The normalized spacial score (nSPS) is 11.8. The number of carbonyl (C=O) groups is 1. The van der Waals surface area contributed by atoms with Crippen molar-refractivity contribution in [3.63, 3.8) is 0 Å². The SMILES string of the molecule is CCNC(=O)c1n[nH]c(C(C)C)c1S(=O)(=O)Cl. The first kappa shape index (κ1) is 14.0. The molecule has 1 aromatic rings. The number of aromatic amines is 1. The summed E-state index contributed by atoms with van der Waals surface area (Å²) >= 11 is 0. The largest absolute Gasteiger partial charge is 0.351 e. The van der Waals surface area contributed by atoms with Crippen LogP contribution >= 0.6 is 10.7 Å². The minimum absolute atomic E-state index is 0.130. The molecule has 0 aliphatic heterocycles. The molecule has 96 valence electrons. The summed E-state index contributed by atoms with van der Waals surface area (Å²) in [6.45, 7) is 5.66. The maximum absolute atomic E-state index is 11.6. The van der Waals surface area contributed by atoms with Gasteiger partial charge in [0.05, 0.1) is 5.69 Å². The van der Waals surface area contributed by atoms with Gasteiger partial charge in [-0.25, -0.2) is 8.42 Å². The first-order valence-corrected chi connectivity index (χ1v) is 7.41. The molecule has 0 fully saturated rings. The van der Waals surface area contributed by atoms with Crippen molar-refractivity contribution in [3.05, 3.63) is 11.4 Å². The van der Waals surface area contributed by atoms with Gasteiger partial charge in [-0.15, -0.1) is 0 Å². The third-order valence-corrected chi connectivity index (χ3v) is 3.49. The fourth-order valence-corrected chi connectivity index (χ4v) is 2.76. The predicted octanol–water partition coefficient (Wildman–Crippen LogP) is 1.21. The Kier molecular flexibility index (Phi) is 4.16. The van der Waals surface area contributed by atoms with E-state index in [4.69, 9.17) is 10.7 Å². The van der Waals surface area contributed by atoms with Gasteiger partial charge in [-0.2, -0.15) is 5.10 Å². The van der Waals surface area contributed by atoms with Crippen LogP contribution in [0.1, 0.15) is 42.9 Å². The van der Waals surface area contributed by atoms with Crippen molar-refractivity contribution in [1.82, 2.24) is 15.5 Å². The number of rotatable bonds is 4. The van der Waals surface area contributed by atoms with Crippen molar-refractivity contribution in [1.29, 1.82) is 0 Å². The van der Waals surface area contributed by atoms with Crippen LogP contribution in [-0.2, 0) is 9.05 Å². The number of amides is 1. The van der Waals surface area contributed by atoms with Crippen LogP contribution in [0, 0.1) is 0 Å². The molecule has 6 nitrogen and oxygen atoms in total. The molecule has 0 atom stereocenters. The molecule has 2 N–H and O–H groups in total. The van der Waals surface area contributed by atoms with Crippen LogP contribution in [0.25, 0.3) is 0 Å². The Morgan fingerprint density at radius 2 is 2.12 bits per heavy atom. The van der Waals surface area contributed by atoms with Gasteiger partial charge in [-0.3, -0.25) is 9.89 Å². The summed E-state index contributed by atoms with van der Waals surface area (Å²) in [6, 6.07) is 0. The van der Waals surface area contributed by atoms with Gasteiger partial charge in [-0.05, 0) is 12.8 Å². The molecule has 1 rings (SSSR count). The van der Waals surface area contributed by atoms with Gasteiger partial charge >= 0.3 is 0 Å². The number of carbonyl (C=O) groups excluding carboxylic acids is 1. The van der Waals surface area contributed by atoms with Crippen molar-refractivity contribution in [3.8, 4) is 0 Å². The van der Waals surface area contributed by atoms with E-state index in [1.54, 1.807) is 20.8 Å². The number of nitrogens with zero attached hydrogens (tertiary/aromatic N) is 1. The van der Waals surface area contributed by atoms with Crippen molar-refractivity contribution in [2.45, 2.75) is 31.6 Å². The van der Waals surface area contributed by atoms with E-state index in [-0.39, 0.29) is 16.5 Å². The summed E-state index contributed by atoms with van der Waals surface area (Å²) in [4.78, 5) is 11.4. The van der Waals surface area contributed by atoms with Gasteiger partial charge in [0.15, 0.2) is 5.69 Å². The molecule has 0 radical (unpaired) electrons. The van der Waals surface area contributed by atoms with Gasteiger partial charge in [0.2, 0.25) is 0 Å². The van der Waals surface area contributed by atoms with E-state index in [0.717, 1.165) is 0 Å². The van der Waals surface area contributed by atoms with Crippen LogP contribution in [0.2, 0.25) is 0 Å². The van der Waals surface area contributed by atoms with Gasteiger partial charge in [0, 0.05) is 17.2 Å². The van der Waals surface area contributed by atoms with E-state index in [2.05, 4.69) is 15.5 Å². The van der Waals surface area contributed by atoms with Crippen LogP contribution in [0.3, 0.4) is 0 Å². The standard InChI is InChI=1S/C9H14ClN3O3S/c1-4-11-9(14)7-8(17(10,15)16)6(5(2)3)12-13-7/h5H,4H2,1-3H3,(H,11,14)(H,12,13). The number of H-pyrrole nitrogens is 1. The molecule has 0 unspecified atom stereocenters. The highest BCUT2D eigenvalue weighted by Crippen LogP contribution is 2.27. The summed E-state index contributed by atoms with van der Waals surface area (Å²) < 4.78 is 22.9. The highest BCUT2D eigenvalue weighted by atomic mass is 35.7. The van der Waals surface area contributed by atoms with Crippen LogP contribution in [0.5, 0.6) is 0 Å². The molecular formula is C9H14ClN3O3S. The van der Waals surface area contributed by atoms with E-state index >= 15 is 0 Å². The maximum Gasteiger partial charge on any atom is 0.273 e. The molecule has 0 aliphatic rings. The molecular weight excluding hydrogens is 266 g/mol. The Morgan fingerprint density at radius 3 is 2.53 bits per heavy atom. The van der Waals surface area contributed by atoms with Crippen LogP contribution in [0.4, 0.5) is 0 Å². The van der Waals surface area contributed by atoms with E-state index in [0.29, 0.717) is 12.2 Å². The van der Waals surface area contributed by atoms with Crippen LogP contribution in [-0.4, -0.2) is 31.1 Å². The average Bonchev–Trinajstić information content (AvgIpc) is 2.61. The lowest BCUT2D eigenvalue weighted by molar-refractivity contribution is 0.0947. The minimum Gasteiger partial charge on any atom is -0.351 e. The van der Waals surface area contributed by atoms with Crippen molar-refractivity contribution in [2.24, 2.45) is 0 Å². The molecule has 0 saturated carbocycles. The summed E-state index contributed by atoms with van der Waals surface area (Å²) in [6.07, 6.45) is 0. The molecule has 1 amide bonds. The van der Waals surface area contributed by atoms with Crippen LogP contribution < -0.4 is 5.32 Å². The second-order valence-electron chi connectivity index (χ2n) is 3.77. The summed E-state index contributed by atoms with van der Waals surface area (Å²) in [5.41, 5.74) is 0.145. The Bertz CT molecular complexity index is 522. The van der Waals surface area contributed by atoms with E-state index in [9.17, 15) is 13.2 Å². The number of hydrogen-bond acceptors (Lipinski definition) is 4. The topological polar surface area (TPSA) is 91.9 Å². The monoisotopic (exact) mass is 279 g/mol. The van der Waals surface area contributed by atoms with Crippen molar-refractivity contribution in [2.75, 3.05) is 6.54 Å². The molecule has 1 aromatic heterocycles. The zero-order valence-electron chi connectivity index (χ0n) is 9.74.